The molecule has 3 aromatic rings. The Morgan fingerprint density at radius 3 is 2.71 bits per heavy atom. The number of rotatable bonds is 2. The summed E-state index contributed by atoms with van der Waals surface area (Å²) < 4.78 is 2.55. The summed E-state index contributed by atoms with van der Waals surface area (Å²) in [6, 6.07) is 10.5. The quantitative estimate of drug-likeness (QED) is 0.708. The average molecular weight is 358 g/mol. The minimum Gasteiger partial charge on any atom is -0.326 e. The van der Waals surface area contributed by atoms with Crippen LogP contribution in [-0.4, -0.2) is 27.0 Å². The summed E-state index contributed by atoms with van der Waals surface area (Å²) in [6.45, 7) is 6.19. The molecule has 6 heteroatoms. The number of nitrogens with zero attached hydrogens (tertiary/aromatic N) is 2. The molecule has 124 valence electrons. The Morgan fingerprint density at radius 1 is 1.25 bits per heavy atom. The van der Waals surface area contributed by atoms with Crippen molar-refractivity contribution in [3.63, 3.8) is 0 Å². The van der Waals surface area contributed by atoms with Crippen molar-refractivity contribution < 1.29 is 0 Å². The first-order valence-electron chi connectivity index (χ1n) is 8.15. The number of benzene rings is 1. The maximum atomic E-state index is 12.9. The van der Waals surface area contributed by atoms with Gasteiger partial charge < -0.3 is 4.98 Å². The van der Waals surface area contributed by atoms with E-state index in [9.17, 15) is 4.79 Å². The van der Waals surface area contributed by atoms with Gasteiger partial charge in [-0.05, 0) is 44.6 Å². The fraction of sp³-hybridized carbons (Fsp3) is 0.333. The summed E-state index contributed by atoms with van der Waals surface area (Å²) in [4.78, 5) is 20.6. The second-order valence-corrected chi connectivity index (χ2v) is 7.90. The summed E-state index contributed by atoms with van der Waals surface area (Å²) in [5.41, 5.74) is 2.70. The van der Waals surface area contributed by atoms with E-state index in [0.29, 0.717) is 16.3 Å². The highest BCUT2D eigenvalue weighted by molar-refractivity contribution is 7.71. The topological polar surface area (TPSA) is 41.0 Å². The monoisotopic (exact) mass is 357 g/mol. The average Bonchev–Trinajstić information content (AvgIpc) is 2.91. The molecule has 0 aliphatic carbocycles. The van der Waals surface area contributed by atoms with Gasteiger partial charge in [0.05, 0.1) is 0 Å². The molecule has 1 N–H and O–H groups in total. The van der Waals surface area contributed by atoms with Gasteiger partial charge in [0.25, 0.3) is 0 Å². The standard InChI is InChI=1S/C18H19N3OS2/c1-11(2)20-9-8-13-14(10-20)24-17-15(16(13)22)19-18(23)21(17)12-6-4-3-5-7-12/h3-7,11H,8-10H2,1-2H3,(H,19,23). The molecule has 0 unspecified atom stereocenters. The first kappa shape index (κ1) is 15.7. The zero-order valence-corrected chi connectivity index (χ0v) is 15.3. The molecule has 3 heterocycles. The SMILES string of the molecule is CC(C)N1CCc2c(sc3c([nH]c(=S)n3-c3ccccc3)c2=O)C1. The van der Waals surface area contributed by atoms with Crippen LogP contribution in [0.1, 0.15) is 24.3 Å². The molecule has 0 fully saturated rings. The normalized spacial score (nSPS) is 15.1. The number of aromatic amines is 1. The fourth-order valence-corrected chi connectivity index (χ4v) is 4.95. The van der Waals surface area contributed by atoms with Crippen molar-refractivity contribution in [1.82, 2.24) is 14.5 Å². The zero-order valence-electron chi connectivity index (χ0n) is 13.7. The van der Waals surface area contributed by atoms with Crippen molar-refractivity contribution in [2.24, 2.45) is 0 Å². The molecule has 1 aliphatic heterocycles. The second-order valence-electron chi connectivity index (χ2n) is 6.43. The van der Waals surface area contributed by atoms with Crippen molar-refractivity contribution in [3.8, 4) is 5.69 Å². The van der Waals surface area contributed by atoms with Crippen LogP contribution >= 0.6 is 23.6 Å². The number of imidazole rings is 1. The molecule has 0 bridgehead atoms. The number of para-hydroxylation sites is 1. The number of fused-ring (bicyclic) bond motifs is 2. The minimum absolute atomic E-state index is 0.114. The van der Waals surface area contributed by atoms with Crippen LogP contribution in [-0.2, 0) is 13.0 Å². The summed E-state index contributed by atoms with van der Waals surface area (Å²) in [7, 11) is 0. The van der Waals surface area contributed by atoms with Crippen LogP contribution in [0.25, 0.3) is 16.0 Å². The first-order valence-corrected chi connectivity index (χ1v) is 9.38. The van der Waals surface area contributed by atoms with Crippen molar-refractivity contribution in [1.29, 1.82) is 0 Å². The molecule has 4 rings (SSSR count). The number of hydrogen-bond donors (Lipinski definition) is 1. The van der Waals surface area contributed by atoms with Crippen LogP contribution in [0, 0.1) is 4.77 Å². The lowest BCUT2D eigenvalue weighted by Crippen LogP contribution is -2.37. The Hall–Kier alpha value is -1.76. The lowest BCUT2D eigenvalue weighted by atomic mass is 10.1. The van der Waals surface area contributed by atoms with Crippen LogP contribution in [0.5, 0.6) is 0 Å². The Bertz CT molecular complexity index is 1010. The van der Waals surface area contributed by atoms with Crippen LogP contribution in [0.3, 0.4) is 0 Å². The third-order valence-electron chi connectivity index (χ3n) is 4.65. The number of hydrogen-bond acceptors (Lipinski definition) is 4. The van der Waals surface area contributed by atoms with E-state index in [1.165, 1.54) is 4.88 Å². The molecule has 24 heavy (non-hydrogen) atoms. The fourth-order valence-electron chi connectivity index (χ4n) is 3.28. The van der Waals surface area contributed by atoms with Crippen LogP contribution in [0.2, 0.25) is 0 Å². The third kappa shape index (κ3) is 2.46. The Kier molecular flexibility index (Phi) is 3.90. The molecule has 0 atom stereocenters. The number of H-pyrrole nitrogens is 1. The smallest absolute Gasteiger partial charge is 0.209 e. The van der Waals surface area contributed by atoms with Crippen LogP contribution < -0.4 is 5.43 Å². The predicted octanol–water partition coefficient (Wildman–Crippen LogP) is 3.88. The van der Waals surface area contributed by atoms with Gasteiger partial charge in [0.2, 0.25) is 5.43 Å². The van der Waals surface area contributed by atoms with E-state index in [0.717, 1.165) is 35.6 Å². The van der Waals surface area contributed by atoms with Crippen molar-refractivity contribution in [3.05, 3.63) is 55.8 Å². The molecule has 1 aromatic carbocycles. The van der Waals surface area contributed by atoms with Gasteiger partial charge in [0.1, 0.15) is 10.3 Å². The molecule has 0 spiro atoms. The van der Waals surface area contributed by atoms with E-state index in [4.69, 9.17) is 12.2 Å². The molecule has 0 radical (unpaired) electrons. The van der Waals surface area contributed by atoms with E-state index in [1.54, 1.807) is 11.3 Å². The molecule has 2 aromatic heterocycles. The molecule has 0 amide bonds. The highest BCUT2D eigenvalue weighted by atomic mass is 32.1. The maximum absolute atomic E-state index is 12.9. The highest BCUT2D eigenvalue weighted by Crippen LogP contribution is 2.29. The Balaban J connectivity index is 1.97. The van der Waals surface area contributed by atoms with Gasteiger partial charge >= 0.3 is 0 Å². The van der Waals surface area contributed by atoms with Crippen LogP contribution in [0.4, 0.5) is 0 Å². The second kappa shape index (κ2) is 5.95. The third-order valence-corrected chi connectivity index (χ3v) is 6.14. The Labute approximate surface area is 149 Å². The van der Waals surface area contributed by atoms with Crippen molar-refractivity contribution >= 4 is 33.9 Å². The van der Waals surface area contributed by atoms with E-state index in [2.05, 4.69) is 23.7 Å². The van der Waals surface area contributed by atoms with E-state index in [-0.39, 0.29) is 5.43 Å². The molecule has 0 saturated carbocycles. The summed E-state index contributed by atoms with van der Waals surface area (Å²) >= 11 is 7.19. The molecular formula is C18H19N3OS2. The number of aromatic nitrogens is 2. The van der Waals surface area contributed by atoms with E-state index in [1.807, 2.05) is 34.9 Å². The first-order chi connectivity index (χ1) is 11.6. The lowest BCUT2D eigenvalue weighted by molar-refractivity contribution is 0.205. The van der Waals surface area contributed by atoms with Gasteiger partial charge in [-0.15, -0.1) is 11.3 Å². The molecular weight excluding hydrogens is 338 g/mol. The summed E-state index contributed by atoms with van der Waals surface area (Å²) in [5, 5.41) is 0. The summed E-state index contributed by atoms with van der Waals surface area (Å²) in [5.74, 6) is 0. The lowest BCUT2D eigenvalue weighted by Gasteiger charge is -2.31. The van der Waals surface area contributed by atoms with Gasteiger partial charge in [0.15, 0.2) is 4.77 Å². The predicted molar refractivity (Wildman–Crippen MR) is 102 cm³/mol. The largest absolute Gasteiger partial charge is 0.326 e. The van der Waals surface area contributed by atoms with E-state index >= 15 is 0 Å². The highest BCUT2D eigenvalue weighted by Gasteiger charge is 2.24. The van der Waals surface area contributed by atoms with Gasteiger partial charge in [-0.2, -0.15) is 0 Å². The van der Waals surface area contributed by atoms with Crippen molar-refractivity contribution in [2.45, 2.75) is 32.9 Å². The Morgan fingerprint density at radius 2 is 2.00 bits per heavy atom. The summed E-state index contributed by atoms with van der Waals surface area (Å²) in [6.07, 6.45) is 0.815. The van der Waals surface area contributed by atoms with Crippen LogP contribution in [0.15, 0.2) is 35.1 Å². The van der Waals surface area contributed by atoms with Gasteiger partial charge in [0, 0.05) is 35.3 Å². The molecule has 0 saturated heterocycles. The van der Waals surface area contributed by atoms with E-state index < -0.39 is 0 Å². The molecule has 1 aliphatic rings. The minimum atomic E-state index is 0.114. The zero-order chi connectivity index (χ0) is 16.8. The molecule has 4 nitrogen and oxygen atoms in total. The maximum Gasteiger partial charge on any atom is 0.209 e. The van der Waals surface area contributed by atoms with Gasteiger partial charge in [-0.25, -0.2) is 0 Å². The van der Waals surface area contributed by atoms with Crippen molar-refractivity contribution in [2.75, 3.05) is 6.54 Å². The number of nitrogens with one attached hydrogen (secondary N) is 1. The van der Waals surface area contributed by atoms with Gasteiger partial charge in [-0.3, -0.25) is 14.3 Å². The van der Waals surface area contributed by atoms with Gasteiger partial charge in [-0.1, -0.05) is 18.2 Å².